The Hall–Kier alpha value is -3.47. The Kier molecular flexibility index (Phi) is 3.97. The maximum absolute atomic E-state index is 13.2. The third-order valence-electron chi connectivity index (χ3n) is 4.49. The summed E-state index contributed by atoms with van der Waals surface area (Å²) in [6, 6.07) is 21.7. The van der Waals surface area contributed by atoms with E-state index in [1.165, 1.54) is 0 Å². The van der Waals surface area contributed by atoms with Gasteiger partial charge in [-0.2, -0.15) is 0 Å². The van der Waals surface area contributed by atoms with Crippen LogP contribution in [0.2, 0.25) is 0 Å². The molecular weight excluding hydrogens is 328 g/mol. The first-order chi connectivity index (χ1) is 12.7. The largest absolute Gasteiger partial charge is 0.508 e. The van der Waals surface area contributed by atoms with E-state index in [0.29, 0.717) is 11.3 Å². The molecule has 0 aliphatic carbocycles. The number of fused-ring (bicyclic) bond motifs is 1. The van der Waals surface area contributed by atoms with Crippen molar-refractivity contribution < 1.29 is 14.6 Å². The van der Waals surface area contributed by atoms with E-state index in [4.69, 9.17) is 4.74 Å². The van der Waals surface area contributed by atoms with E-state index in [9.17, 15) is 9.90 Å². The summed E-state index contributed by atoms with van der Waals surface area (Å²) in [6.07, 6.45) is -0.368. The van der Waals surface area contributed by atoms with Crippen molar-refractivity contribution >= 4 is 17.3 Å². The van der Waals surface area contributed by atoms with Crippen molar-refractivity contribution in [1.82, 2.24) is 0 Å². The molecule has 0 radical (unpaired) electrons. The number of carbonyl (C=O) groups excluding carboxylic acids is 1. The summed E-state index contributed by atoms with van der Waals surface area (Å²) in [5, 5.41) is 13.0. The van der Waals surface area contributed by atoms with E-state index >= 15 is 0 Å². The van der Waals surface area contributed by atoms with Crippen LogP contribution in [0.4, 0.5) is 11.4 Å². The summed E-state index contributed by atoms with van der Waals surface area (Å²) < 4.78 is 5.23. The zero-order chi connectivity index (χ0) is 18.1. The van der Waals surface area contributed by atoms with Crippen molar-refractivity contribution in [2.75, 3.05) is 17.3 Å². The number of phenols is 1. The van der Waals surface area contributed by atoms with Crippen LogP contribution in [0.5, 0.6) is 11.5 Å². The second kappa shape index (κ2) is 6.44. The van der Waals surface area contributed by atoms with E-state index in [0.717, 1.165) is 17.0 Å². The van der Waals surface area contributed by atoms with Gasteiger partial charge in [-0.3, -0.25) is 9.69 Å². The second-order valence-electron chi connectivity index (χ2n) is 6.06. The molecule has 5 heteroatoms. The van der Waals surface area contributed by atoms with Crippen LogP contribution in [-0.2, 0) is 0 Å². The molecule has 26 heavy (non-hydrogen) atoms. The number of nitrogens with zero attached hydrogens (tertiary/aromatic N) is 1. The summed E-state index contributed by atoms with van der Waals surface area (Å²) in [6.45, 7) is 0. The second-order valence-corrected chi connectivity index (χ2v) is 6.06. The lowest BCUT2D eigenvalue weighted by atomic mass is 10.0. The molecule has 130 valence electrons. The van der Waals surface area contributed by atoms with Gasteiger partial charge in [0.15, 0.2) is 0 Å². The van der Waals surface area contributed by atoms with Crippen molar-refractivity contribution in [1.29, 1.82) is 0 Å². The average molecular weight is 346 g/mol. The van der Waals surface area contributed by atoms with Crippen molar-refractivity contribution in [3.8, 4) is 11.5 Å². The molecule has 2 N–H and O–H groups in total. The highest BCUT2D eigenvalue weighted by Gasteiger charge is 2.33. The lowest BCUT2D eigenvalue weighted by molar-refractivity contribution is 0.0975. The van der Waals surface area contributed by atoms with Crippen molar-refractivity contribution in [2.45, 2.75) is 6.17 Å². The van der Waals surface area contributed by atoms with E-state index in [1.807, 2.05) is 48.5 Å². The molecule has 0 bridgehead atoms. The summed E-state index contributed by atoms with van der Waals surface area (Å²) in [5.41, 5.74) is 3.05. The maximum Gasteiger partial charge on any atom is 0.262 e. The third kappa shape index (κ3) is 2.73. The SMILES string of the molecule is COc1ccc([C@H]2Nc3ccccc3C(=O)N2c2ccc(O)cc2)cc1. The molecule has 1 heterocycles. The smallest absolute Gasteiger partial charge is 0.262 e. The van der Waals surface area contributed by atoms with E-state index in [1.54, 1.807) is 36.3 Å². The Bertz CT molecular complexity index is 936. The number of hydrogen-bond acceptors (Lipinski definition) is 4. The first kappa shape index (κ1) is 16.0. The molecule has 1 aliphatic heterocycles. The number of para-hydroxylation sites is 1. The van der Waals surface area contributed by atoms with Crippen LogP contribution in [0, 0.1) is 0 Å². The number of phenolic OH excluding ortho intramolecular Hbond substituents is 1. The summed E-state index contributed by atoms with van der Waals surface area (Å²) in [5.74, 6) is 0.825. The normalized spacial score (nSPS) is 16.0. The van der Waals surface area contributed by atoms with Gasteiger partial charge < -0.3 is 15.2 Å². The van der Waals surface area contributed by atoms with E-state index in [2.05, 4.69) is 5.32 Å². The Labute approximate surface area is 151 Å². The molecule has 4 rings (SSSR count). The van der Waals surface area contributed by atoms with Crippen LogP contribution in [0.3, 0.4) is 0 Å². The molecule has 1 amide bonds. The fourth-order valence-corrected chi connectivity index (χ4v) is 3.15. The molecule has 0 fully saturated rings. The number of methoxy groups -OCH3 is 1. The number of amides is 1. The molecule has 0 unspecified atom stereocenters. The van der Waals surface area contributed by atoms with Gasteiger partial charge >= 0.3 is 0 Å². The average Bonchev–Trinajstić information content (AvgIpc) is 2.69. The minimum atomic E-state index is -0.368. The lowest BCUT2D eigenvalue weighted by Crippen LogP contribution is -2.43. The highest BCUT2D eigenvalue weighted by atomic mass is 16.5. The van der Waals surface area contributed by atoms with Gasteiger partial charge in [-0.15, -0.1) is 0 Å². The molecule has 5 nitrogen and oxygen atoms in total. The van der Waals surface area contributed by atoms with Crippen LogP contribution in [0.1, 0.15) is 22.1 Å². The summed E-state index contributed by atoms with van der Waals surface area (Å²) in [4.78, 5) is 14.9. The number of hydrogen-bond donors (Lipinski definition) is 2. The van der Waals surface area contributed by atoms with Crippen LogP contribution in [0.25, 0.3) is 0 Å². The monoisotopic (exact) mass is 346 g/mol. The Morgan fingerprint density at radius 2 is 1.65 bits per heavy atom. The van der Waals surface area contributed by atoms with Gasteiger partial charge in [0, 0.05) is 11.4 Å². The zero-order valence-corrected chi connectivity index (χ0v) is 14.2. The van der Waals surface area contributed by atoms with Crippen molar-refractivity contribution in [2.24, 2.45) is 0 Å². The van der Waals surface area contributed by atoms with Crippen LogP contribution < -0.4 is 15.0 Å². The maximum atomic E-state index is 13.2. The van der Waals surface area contributed by atoms with Crippen molar-refractivity contribution in [3.63, 3.8) is 0 Å². The molecule has 3 aromatic carbocycles. The van der Waals surface area contributed by atoms with Crippen LogP contribution in [-0.4, -0.2) is 18.1 Å². The van der Waals surface area contributed by atoms with Gasteiger partial charge in [0.2, 0.25) is 0 Å². The Morgan fingerprint density at radius 1 is 0.962 bits per heavy atom. The number of rotatable bonds is 3. The summed E-state index contributed by atoms with van der Waals surface area (Å²) >= 11 is 0. The van der Waals surface area contributed by atoms with Gasteiger partial charge in [0.05, 0.1) is 12.7 Å². The first-order valence-corrected chi connectivity index (χ1v) is 8.29. The quantitative estimate of drug-likeness (QED) is 0.747. The van der Waals surface area contributed by atoms with Crippen LogP contribution in [0.15, 0.2) is 72.8 Å². The molecular formula is C21H18N2O3. The molecule has 3 aromatic rings. The molecule has 0 saturated carbocycles. The standard InChI is InChI=1S/C21H18N2O3/c1-26-17-12-6-14(7-13-17)20-22-19-5-3-2-4-18(19)21(25)23(20)15-8-10-16(24)11-9-15/h2-13,20,22,24H,1H3/t20-/m0/s1. The number of nitrogens with one attached hydrogen (secondary N) is 1. The van der Waals surface area contributed by atoms with Gasteiger partial charge in [-0.25, -0.2) is 0 Å². The molecule has 0 saturated heterocycles. The van der Waals surface area contributed by atoms with Gasteiger partial charge in [0.1, 0.15) is 17.7 Å². The number of anilines is 2. The number of ether oxygens (including phenoxy) is 1. The Morgan fingerprint density at radius 3 is 2.35 bits per heavy atom. The highest BCUT2D eigenvalue weighted by molar-refractivity contribution is 6.12. The molecule has 0 spiro atoms. The van der Waals surface area contributed by atoms with E-state index in [-0.39, 0.29) is 17.8 Å². The van der Waals surface area contributed by atoms with Gasteiger partial charge in [-0.1, -0.05) is 24.3 Å². The highest BCUT2D eigenvalue weighted by Crippen LogP contribution is 2.37. The fourth-order valence-electron chi connectivity index (χ4n) is 3.15. The van der Waals surface area contributed by atoms with Gasteiger partial charge in [-0.05, 0) is 54.1 Å². The Balaban J connectivity index is 1.82. The third-order valence-corrected chi connectivity index (χ3v) is 4.49. The molecule has 1 atom stereocenters. The predicted molar refractivity (Wildman–Crippen MR) is 101 cm³/mol. The topological polar surface area (TPSA) is 61.8 Å². The fraction of sp³-hybridized carbons (Fsp3) is 0.0952. The zero-order valence-electron chi connectivity index (χ0n) is 14.2. The molecule has 1 aliphatic rings. The molecule has 0 aromatic heterocycles. The number of carbonyl (C=O) groups is 1. The van der Waals surface area contributed by atoms with Crippen LogP contribution >= 0.6 is 0 Å². The minimum Gasteiger partial charge on any atom is -0.508 e. The minimum absolute atomic E-state index is 0.0918. The van der Waals surface area contributed by atoms with E-state index < -0.39 is 0 Å². The first-order valence-electron chi connectivity index (χ1n) is 8.29. The van der Waals surface area contributed by atoms with Gasteiger partial charge in [0.25, 0.3) is 5.91 Å². The predicted octanol–water partition coefficient (Wildman–Crippen LogP) is 4.17. The summed E-state index contributed by atoms with van der Waals surface area (Å²) in [7, 11) is 1.62. The van der Waals surface area contributed by atoms with Crippen molar-refractivity contribution in [3.05, 3.63) is 83.9 Å². The number of aromatic hydroxyl groups is 1. The number of benzene rings is 3. The lowest BCUT2D eigenvalue weighted by Gasteiger charge is -2.38.